The highest BCUT2D eigenvalue weighted by Gasteiger charge is 2.33. The number of unbranched alkanes of at least 4 members (excludes halogenated alkanes) is 21. The van der Waals surface area contributed by atoms with E-state index in [1.807, 2.05) is 0 Å². The minimum absolute atomic E-state index is 0.769. The lowest BCUT2D eigenvalue weighted by Gasteiger charge is -2.11. The first-order valence-electron chi connectivity index (χ1n) is 19.7. The zero-order valence-corrected chi connectivity index (χ0v) is 29.4. The number of rotatable bonds is 36. The summed E-state index contributed by atoms with van der Waals surface area (Å²) >= 11 is 0. The van der Waals surface area contributed by atoms with Crippen LogP contribution in [0.4, 0.5) is 0 Å². The third-order valence-electron chi connectivity index (χ3n) is 9.64. The van der Waals surface area contributed by atoms with Crippen LogP contribution in [0.15, 0.2) is 0 Å². The summed E-state index contributed by atoms with van der Waals surface area (Å²) in [5.74, 6) is 0.934. The second kappa shape index (κ2) is 32.3. The topological polar surface area (TPSA) is 40.4 Å². The van der Waals surface area contributed by atoms with Crippen LogP contribution in [-0.4, -0.2) is 38.5 Å². The molecule has 3 atom stereocenters. The van der Waals surface area contributed by atoms with E-state index >= 15 is 0 Å². The van der Waals surface area contributed by atoms with E-state index in [0.29, 0.717) is 0 Å². The second-order valence-electron chi connectivity index (χ2n) is 14.0. The molecule has 252 valence electrons. The third-order valence-corrected chi connectivity index (χ3v) is 9.64. The Balaban J connectivity index is 1.66. The fraction of sp³-hybridized carbons (Fsp3) is 1.00. The van der Waals surface area contributed by atoms with Crippen LogP contribution in [0.3, 0.4) is 0 Å². The largest absolute Gasteiger partial charge is 0.379 e. The SMILES string of the molecule is CCCCCCCCCC(C)CCCCCCCCOCCOCCCCCCCCC1NC1CCCCCCCC. The highest BCUT2D eigenvalue weighted by atomic mass is 16.5. The average molecular weight is 594 g/mol. The Kier molecular flexibility index (Phi) is 30.7. The molecule has 1 aliphatic heterocycles. The molecule has 1 aliphatic rings. The van der Waals surface area contributed by atoms with Gasteiger partial charge in [-0.05, 0) is 31.6 Å². The van der Waals surface area contributed by atoms with Crippen molar-refractivity contribution in [2.45, 2.75) is 219 Å². The molecule has 1 fully saturated rings. The molecule has 0 saturated carbocycles. The lowest BCUT2D eigenvalue weighted by molar-refractivity contribution is 0.0448. The van der Waals surface area contributed by atoms with Gasteiger partial charge < -0.3 is 14.8 Å². The van der Waals surface area contributed by atoms with Gasteiger partial charge in [0.15, 0.2) is 0 Å². The normalized spacial score (nSPS) is 17.2. The smallest absolute Gasteiger partial charge is 0.0700 e. The van der Waals surface area contributed by atoms with Crippen LogP contribution in [-0.2, 0) is 9.47 Å². The van der Waals surface area contributed by atoms with Gasteiger partial charge in [-0.15, -0.1) is 0 Å². The fourth-order valence-electron chi connectivity index (χ4n) is 6.53. The van der Waals surface area contributed by atoms with Crippen molar-refractivity contribution in [1.82, 2.24) is 5.32 Å². The van der Waals surface area contributed by atoms with Crippen molar-refractivity contribution in [2.24, 2.45) is 5.92 Å². The average Bonchev–Trinajstić information content (AvgIpc) is 3.75. The fourth-order valence-corrected chi connectivity index (χ4v) is 6.53. The summed E-state index contributed by atoms with van der Waals surface area (Å²) in [7, 11) is 0. The van der Waals surface area contributed by atoms with Crippen LogP contribution in [0.25, 0.3) is 0 Å². The van der Waals surface area contributed by atoms with Crippen molar-refractivity contribution >= 4 is 0 Å². The molecule has 3 nitrogen and oxygen atoms in total. The molecule has 1 saturated heterocycles. The van der Waals surface area contributed by atoms with Crippen LogP contribution >= 0.6 is 0 Å². The molecular formula is C39H79NO2. The van der Waals surface area contributed by atoms with E-state index < -0.39 is 0 Å². The maximum absolute atomic E-state index is 5.78. The Bertz CT molecular complexity index is 493. The predicted molar refractivity (Wildman–Crippen MR) is 187 cm³/mol. The molecule has 1 N–H and O–H groups in total. The first-order valence-corrected chi connectivity index (χ1v) is 19.7. The van der Waals surface area contributed by atoms with Crippen LogP contribution < -0.4 is 5.32 Å². The molecule has 0 amide bonds. The molecule has 1 rings (SSSR count). The summed E-state index contributed by atoms with van der Waals surface area (Å²) in [6.07, 6.45) is 40.6. The van der Waals surface area contributed by atoms with Gasteiger partial charge in [-0.25, -0.2) is 0 Å². The standard InChI is InChI=1S/C39H79NO2/c1-4-6-8-10-12-17-23-29-37(3)30-24-18-13-15-21-27-33-41-35-36-42-34-28-22-16-14-20-26-32-39-38(40-39)31-25-19-11-9-7-5-2/h37-40H,4-36H2,1-3H3. The van der Waals surface area contributed by atoms with Crippen molar-refractivity contribution in [3.63, 3.8) is 0 Å². The van der Waals surface area contributed by atoms with E-state index in [1.54, 1.807) is 0 Å². The summed E-state index contributed by atoms with van der Waals surface area (Å²) < 4.78 is 11.6. The minimum Gasteiger partial charge on any atom is -0.379 e. The van der Waals surface area contributed by atoms with Gasteiger partial charge in [-0.2, -0.15) is 0 Å². The number of hydrogen-bond acceptors (Lipinski definition) is 3. The molecule has 3 heteroatoms. The monoisotopic (exact) mass is 594 g/mol. The van der Waals surface area contributed by atoms with Crippen molar-refractivity contribution in [2.75, 3.05) is 26.4 Å². The van der Waals surface area contributed by atoms with Gasteiger partial charge in [-0.1, -0.05) is 181 Å². The maximum atomic E-state index is 5.78. The summed E-state index contributed by atoms with van der Waals surface area (Å²) in [6.45, 7) is 10.4. The molecule has 0 aliphatic carbocycles. The van der Waals surface area contributed by atoms with Gasteiger partial charge in [0, 0.05) is 25.3 Å². The van der Waals surface area contributed by atoms with E-state index in [9.17, 15) is 0 Å². The molecule has 0 bridgehead atoms. The quantitative estimate of drug-likeness (QED) is 0.0580. The Hall–Kier alpha value is -0.120. The van der Waals surface area contributed by atoms with Crippen molar-refractivity contribution in [3.8, 4) is 0 Å². The molecule has 0 aromatic rings. The minimum atomic E-state index is 0.769. The highest BCUT2D eigenvalue weighted by molar-refractivity contribution is 4.97. The molecule has 0 aromatic carbocycles. The Morgan fingerprint density at radius 2 is 0.738 bits per heavy atom. The molecule has 0 spiro atoms. The van der Waals surface area contributed by atoms with Gasteiger partial charge in [0.05, 0.1) is 13.2 Å². The van der Waals surface area contributed by atoms with Crippen LogP contribution in [0.5, 0.6) is 0 Å². The third kappa shape index (κ3) is 28.6. The first-order chi connectivity index (χ1) is 20.8. The predicted octanol–water partition coefficient (Wildman–Crippen LogP) is 12.3. The first kappa shape index (κ1) is 39.9. The van der Waals surface area contributed by atoms with Gasteiger partial charge >= 0.3 is 0 Å². The van der Waals surface area contributed by atoms with Crippen LogP contribution in [0, 0.1) is 5.92 Å². The Labute approximate surface area is 265 Å². The van der Waals surface area contributed by atoms with E-state index in [-0.39, 0.29) is 0 Å². The van der Waals surface area contributed by atoms with E-state index in [2.05, 4.69) is 26.1 Å². The molecule has 3 unspecified atom stereocenters. The van der Waals surface area contributed by atoms with Gasteiger partial charge in [0.1, 0.15) is 0 Å². The Morgan fingerprint density at radius 3 is 1.14 bits per heavy atom. The van der Waals surface area contributed by atoms with Crippen molar-refractivity contribution < 1.29 is 9.47 Å². The maximum Gasteiger partial charge on any atom is 0.0700 e. The summed E-state index contributed by atoms with van der Waals surface area (Å²) in [5, 5.41) is 3.72. The lowest BCUT2D eigenvalue weighted by atomic mass is 9.96. The summed E-state index contributed by atoms with van der Waals surface area (Å²) in [6, 6.07) is 1.71. The van der Waals surface area contributed by atoms with Gasteiger partial charge in [-0.3, -0.25) is 0 Å². The number of ether oxygens (including phenoxy) is 2. The molecule has 1 heterocycles. The van der Waals surface area contributed by atoms with Crippen molar-refractivity contribution in [3.05, 3.63) is 0 Å². The summed E-state index contributed by atoms with van der Waals surface area (Å²) in [5.41, 5.74) is 0. The molecule has 0 radical (unpaired) electrons. The summed E-state index contributed by atoms with van der Waals surface area (Å²) in [4.78, 5) is 0. The van der Waals surface area contributed by atoms with Gasteiger partial charge in [0.25, 0.3) is 0 Å². The van der Waals surface area contributed by atoms with Crippen LogP contribution in [0.2, 0.25) is 0 Å². The zero-order valence-electron chi connectivity index (χ0n) is 29.4. The highest BCUT2D eigenvalue weighted by Crippen LogP contribution is 2.24. The second-order valence-corrected chi connectivity index (χ2v) is 14.0. The van der Waals surface area contributed by atoms with Crippen molar-refractivity contribution in [1.29, 1.82) is 0 Å². The van der Waals surface area contributed by atoms with Gasteiger partial charge in [0.2, 0.25) is 0 Å². The van der Waals surface area contributed by atoms with E-state index in [4.69, 9.17) is 9.47 Å². The molecule has 42 heavy (non-hydrogen) atoms. The zero-order chi connectivity index (χ0) is 30.2. The number of nitrogens with one attached hydrogen (secondary N) is 1. The van der Waals surface area contributed by atoms with E-state index in [1.165, 1.54) is 186 Å². The van der Waals surface area contributed by atoms with Crippen LogP contribution in [0.1, 0.15) is 207 Å². The molecule has 0 aromatic heterocycles. The lowest BCUT2D eigenvalue weighted by Crippen LogP contribution is -2.06. The van der Waals surface area contributed by atoms with E-state index in [0.717, 1.165) is 44.4 Å². The molecular weight excluding hydrogens is 514 g/mol. The number of hydrogen-bond donors (Lipinski definition) is 1. The Morgan fingerprint density at radius 1 is 0.405 bits per heavy atom.